The van der Waals surface area contributed by atoms with Gasteiger partial charge in [0.1, 0.15) is 5.54 Å². The van der Waals surface area contributed by atoms with Crippen molar-refractivity contribution in [2.75, 3.05) is 0 Å². The van der Waals surface area contributed by atoms with Gasteiger partial charge in [-0.25, -0.2) is 4.79 Å². The van der Waals surface area contributed by atoms with E-state index in [2.05, 4.69) is 12.2 Å². The number of amides is 1. The summed E-state index contributed by atoms with van der Waals surface area (Å²) in [6.45, 7) is 4.16. The maximum absolute atomic E-state index is 11.1. The van der Waals surface area contributed by atoms with Crippen LogP contribution in [0.2, 0.25) is 0 Å². The maximum atomic E-state index is 11.1. The number of carboxylic acids is 1. The quantitative estimate of drug-likeness (QED) is 0.667. The Morgan fingerprint density at radius 3 is 2.57 bits per heavy atom. The van der Waals surface area contributed by atoms with E-state index in [1.165, 1.54) is 0 Å². The summed E-state index contributed by atoms with van der Waals surface area (Å²) < 4.78 is 0. The highest BCUT2D eigenvalue weighted by molar-refractivity contribution is 5.81. The first-order chi connectivity index (χ1) is 6.52. The van der Waals surface area contributed by atoms with Gasteiger partial charge in [-0.2, -0.15) is 0 Å². The number of hydrogen-bond donors (Lipinski definition) is 2. The molecule has 0 aromatic rings. The number of carbonyl (C=O) groups is 2. The number of aliphatic carboxylic acids is 1. The van der Waals surface area contributed by atoms with Crippen LogP contribution >= 0.6 is 0 Å². The van der Waals surface area contributed by atoms with Crippen LogP contribution in [0, 0.1) is 11.8 Å². The average Bonchev–Trinajstić information content (AvgIpc) is 2.12. The minimum atomic E-state index is -1.02. The van der Waals surface area contributed by atoms with Gasteiger partial charge in [0, 0.05) is 0 Å². The Hall–Kier alpha value is -1.06. The van der Waals surface area contributed by atoms with Crippen molar-refractivity contribution in [3.8, 4) is 0 Å². The summed E-state index contributed by atoms with van der Waals surface area (Å²) >= 11 is 0. The normalized spacial score (nSPS) is 37.6. The molecule has 1 fully saturated rings. The molecule has 0 aromatic carbocycles. The van der Waals surface area contributed by atoms with Crippen molar-refractivity contribution in [1.29, 1.82) is 0 Å². The summed E-state index contributed by atoms with van der Waals surface area (Å²) in [7, 11) is 0. The van der Waals surface area contributed by atoms with Gasteiger partial charge in [0.25, 0.3) is 0 Å². The van der Waals surface area contributed by atoms with Crippen molar-refractivity contribution in [2.45, 2.75) is 38.6 Å². The Morgan fingerprint density at radius 1 is 1.50 bits per heavy atom. The van der Waals surface area contributed by atoms with E-state index in [0.29, 0.717) is 31.1 Å². The second kappa shape index (κ2) is 3.98. The molecule has 3 atom stereocenters. The van der Waals surface area contributed by atoms with Crippen LogP contribution in [0.5, 0.6) is 0 Å². The molecule has 3 unspecified atom stereocenters. The minimum Gasteiger partial charge on any atom is -0.480 e. The molecule has 1 aliphatic rings. The van der Waals surface area contributed by atoms with Crippen molar-refractivity contribution in [3.05, 3.63) is 0 Å². The van der Waals surface area contributed by atoms with Gasteiger partial charge in [-0.3, -0.25) is 4.79 Å². The number of nitrogens with one attached hydrogen (secondary N) is 1. The Morgan fingerprint density at radius 2 is 2.14 bits per heavy atom. The molecule has 0 bridgehead atoms. The molecule has 0 saturated heterocycles. The van der Waals surface area contributed by atoms with Gasteiger partial charge in [0.05, 0.1) is 0 Å². The van der Waals surface area contributed by atoms with Crippen molar-refractivity contribution < 1.29 is 14.7 Å². The summed E-state index contributed by atoms with van der Waals surface area (Å²) in [6.07, 6.45) is 2.42. The summed E-state index contributed by atoms with van der Waals surface area (Å²) in [5, 5.41) is 11.6. The molecule has 0 aliphatic heterocycles. The van der Waals surface area contributed by atoms with E-state index >= 15 is 0 Å². The first-order valence-electron chi connectivity index (χ1n) is 4.96. The van der Waals surface area contributed by atoms with Crippen LogP contribution in [-0.4, -0.2) is 23.0 Å². The largest absolute Gasteiger partial charge is 0.480 e. The van der Waals surface area contributed by atoms with E-state index in [9.17, 15) is 9.59 Å². The molecular formula is C10H17NO3. The molecule has 0 heterocycles. The van der Waals surface area contributed by atoms with E-state index < -0.39 is 11.5 Å². The van der Waals surface area contributed by atoms with Crippen molar-refractivity contribution in [1.82, 2.24) is 5.32 Å². The van der Waals surface area contributed by atoms with E-state index in [4.69, 9.17) is 5.11 Å². The van der Waals surface area contributed by atoms with Crippen LogP contribution in [0.1, 0.15) is 33.1 Å². The fourth-order valence-corrected chi connectivity index (χ4v) is 2.11. The second-order valence-corrected chi connectivity index (χ2v) is 4.35. The molecule has 1 saturated carbocycles. The Labute approximate surface area is 83.7 Å². The third kappa shape index (κ3) is 1.89. The molecule has 80 valence electrons. The standard InChI is InChI=1S/C10H17NO3/c1-7-3-4-10(9(13)14,11-6-12)5-8(7)2/h6-8H,3-5H2,1-2H3,(H,11,12)(H,13,14). The SMILES string of the molecule is CC1CCC(NC=O)(C(=O)O)CC1C. The highest BCUT2D eigenvalue weighted by Gasteiger charge is 2.43. The van der Waals surface area contributed by atoms with Gasteiger partial charge in [-0.15, -0.1) is 0 Å². The number of hydrogen-bond acceptors (Lipinski definition) is 2. The van der Waals surface area contributed by atoms with Gasteiger partial charge in [0.15, 0.2) is 0 Å². The Balaban J connectivity index is 2.79. The molecular weight excluding hydrogens is 182 g/mol. The third-order valence-corrected chi connectivity index (χ3v) is 3.41. The van der Waals surface area contributed by atoms with Gasteiger partial charge >= 0.3 is 5.97 Å². The van der Waals surface area contributed by atoms with Crippen LogP contribution < -0.4 is 5.32 Å². The first-order valence-corrected chi connectivity index (χ1v) is 4.96. The summed E-state index contributed by atoms with van der Waals surface area (Å²) in [5.74, 6) is -0.0356. The number of rotatable bonds is 3. The van der Waals surface area contributed by atoms with Crippen LogP contribution in [0.4, 0.5) is 0 Å². The molecule has 0 aromatic heterocycles. The zero-order chi connectivity index (χ0) is 10.8. The fourth-order valence-electron chi connectivity index (χ4n) is 2.11. The topological polar surface area (TPSA) is 66.4 Å². The van der Waals surface area contributed by atoms with E-state index in [1.54, 1.807) is 0 Å². The average molecular weight is 199 g/mol. The molecule has 4 heteroatoms. The van der Waals surface area contributed by atoms with Gasteiger partial charge in [-0.1, -0.05) is 13.8 Å². The minimum absolute atomic E-state index is 0.340. The zero-order valence-corrected chi connectivity index (χ0v) is 8.62. The lowest BCUT2D eigenvalue weighted by atomic mass is 9.71. The Kier molecular flexibility index (Phi) is 3.13. The van der Waals surface area contributed by atoms with E-state index in [1.807, 2.05) is 6.92 Å². The molecule has 14 heavy (non-hydrogen) atoms. The van der Waals surface area contributed by atoms with Crippen LogP contribution in [0.25, 0.3) is 0 Å². The molecule has 0 radical (unpaired) electrons. The smallest absolute Gasteiger partial charge is 0.329 e. The van der Waals surface area contributed by atoms with Crippen molar-refractivity contribution in [3.63, 3.8) is 0 Å². The van der Waals surface area contributed by atoms with Crippen molar-refractivity contribution >= 4 is 12.4 Å². The summed E-state index contributed by atoms with van der Waals surface area (Å²) in [6, 6.07) is 0. The molecule has 0 spiro atoms. The zero-order valence-electron chi connectivity index (χ0n) is 8.62. The first kappa shape index (κ1) is 11.0. The maximum Gasteiger partial charge on any atom is 0.329 e. The van der Waals surface area contributed by atoms with E-state index in [0.717, 1.165) is 6.42 Å². The fraction of sp³-hybridized carbons (Fsp3) is 0.800. The van der Waals surface area contributed by atoms with Gasteiger partial charge in [-0.05, 0) is 31.1 Å². The number of carbonyl (C=O) groups excluding carboxylic acids is 1. The highest BCUT2D eigenvalue weighted by Crippen LogP contribution is 2.36. The summed E-state index contributed by atoms with van der Waals surface area (Å²) in [5.41, 5.74) is -1.02. The lowest BCUT2D eigenvalue weighted by molar-refractivity contribution is -0.149. The summed E-state index contributed by atoms with van der Waals surface area (Å²) in [4.78, 5) is 21.5. The lowest BCUT2D eigenvalue weighted by Crippen LogP contribution is -2.55. The second-order valence-electron chi connectivity index (χ2n) is 4.35. The molecule has 4 nitrogen and oxygen atoms in total. The number of carboxylic acid groups (broad SMARTS) is 1. The monoisotopic (exact) mass is 199 g/mol. The van der Waals surface area contributed by atoms with Crippen LogP contribution in [0.3, 0.4) is 0 Å². The van der Waals surface area contributed by atoms with Crippen molar-refractivity contribution in [2.24, 2.45) is 11.8 Å². The van der Waals surface area contributed by atoms with Gasteiger partial charge in [0.2, 0.25) is 6.41 Å². The molecule has 1 aliphatic carbocycles. The van der Waals surface area contributed by atoms with Crippen LogP contribution in [0.15, 0.2) is 0 Å². The third-order valence-electron chi connectivity index (χ3n) is 3.41. The Bertz CT molecular complexity index is 242. The van der Waals surface area contributed by atoms with Crippen LogP contribution in [-0.2, 0) is 9.59 Å². The predicted octanol–water partition coefficient (Wildman–Crippen LogP) is 1.01. The lowest BCUT2D eigenvalue weighted by Gasteiger charge is -2.39. The highest BCUT2D eigenvalue weighted by atomic mass is 16.4. The molecule has 1 rings (SSSR count). The molecule has 2 N–H and O–H groups in total. The van der Waals surface area contributed by atoms with E-state index in [-0.39, 0.29) is 0 Å². The molecule has 1 amide bonds. The van der Waals surface area contributed by atoms with Gasteiger partial charge < -0.3 is 10.4 Å². The predicted molar refractivity (Wildman–Crippen MR) is 51.7 cm³/mol.